The number of aliphatic hydroxyl groups excluding tert-OH is 1. The lowest BCUT2D eigenvalue weighted by Gasteiger charge is -1.92. The van der Waals surface area contributed by atoms with Crippen LogP contribution in [-0.2, 0) is 4.79 Å². The zero-order chi connectivity index (χ0) is 6.57. The third-order valence-electron chi connectivity index (χ3n) is 0.561. The zero-order valence-electron chi connectivity index (χ0n) is 4.96. The number of hydrogen-bond donors (Lipinski definition) is 1. The maximum absolute atomic E-state index is 9.80. The van der Waals surface area contributed by atoms with Gasteiger partial charge in [0.2, 0.25) is 0 Å². The van der Waals surface area contributed by atoms with Crippen LogP contribution in [-0.4, -0.2) is 23.3 Å². The number of hydrogen-bond acceptors (Lipinski definition) is 3. The number of nitrogens with zero attached hydrogens (tertiary/aromatic N) is 1. The molecule has 1 atom stereocenters. The molecule has 0 heterocycles. The predicted molar refractivity (Wildman–Crippen MR) is 30.9 cm³/mol. The number of aldehydes is 1. The molecule has 0 bridgehead atoms. The van der Waals surface area contributed by atoms with Gasteiger partial charge in [-0.2, -0.15) is 0 Å². The van der Waals surface area contributed by atoms with Crippen molar-refractivity contribution < 1.29 is 9.90 Å². The summed E-state index contributed by atoms with van der Waals surface area (Å²) >= 11 is 0. The van der Waals surface area contributed by atoms with Crippen molar-refractivity contribution in [3.05, 3.63) is 0 Å². The fraction of sp³-hybridized carbons (Fsp3) is 0.600. The van der Waals surface area contributed by atoms with Crippen LogP contribution in [0.5, 0.6) is 0 Å². The highest BCUT2D eigenvalue weighted by atomic mass is 16.3. The number of aliphatic imine (C=N–C) groups is 1. The standard InChI is InChI=1S/C5H9NO2/c1-4(3-7)6-5(2)8/h3,5,8H,1-2H3. The topological polar surface area (TPSA) is 49.7 Å². The molecule has 3 heteroatoms. The van der Waals surface area contributed by atoms with Gasteiger partial charge in [-0.05, 0) is 13.8 Å². The van der Waals surface area contributed by atoms with E-state index in [-0.39, 0.29) is 0 Å². The van der Waals surface area contributed by atoms with Crippen LogP contribution in [0.3, 0.4) is 0 Å². The molecule has 0 aromatic carbocycles. The van der Waals surface area contributed by atoms with Gasteiger partial charge in [0.15, 0.2) is 6.29 Å². The highest BCUT2D eigenvalue weighted by molar-refractivity contribution is 6.27. The van der Waals surface area contributed by atoms with E-state index in [1.54, 1.807) is 6.92 Å². The van der Waals surface area contributed by atoms with E-state index in [0.717, 1.165) is 0 Å². The van der Waals surface area contributed by atoms with E-state index >= 15 is 0 Å². The number of carbonyl (C=O) groups excluding carboxylic acids is 1. The maximum atomic E-state index is 9.80. The first kappa shape index (κ1) is 7.30. The molecule has 0 aromatic rings. The molecule has 1 N–H and O–H groups in total. The molecule has 0 aromatic heterocycles. The van der Waals surface area contributed by atoms with Crippen LogP contribution in [0.15, 0.2) is 4.99 Å². The minimum absolute atomic E-state index is 0.319. The first-order valence-electron chi connectivity index (χ1n) is 2.34. The number of rotatable bonds is 2. The lowest BCUT2D eigenvalue weighted by Crippen LogP contribution is -2.01. The van der Waals surface area contributed by atoms with Crippen molar-refractivity contribution in [2.45, 2.75) is 20.1 Å². The van der Waals surface area contributed by atoms with Gasteiger partial charge in [0.05, 0.1) is 5.71 Å². The predicted octanol–water partition coefficient (Wildman–Crippen LogP) is -0.0155. The summed E-state index contributed by atoms with van der Waals surface area (Å²) < 4.78 is 0. The van der Waals surface area contributed by atoms with Crippen LogP contribution in [0.4, 0.5) is 0 Å². The second-order valence-corrected chi connectivity index (χ2v) is 1.52. The van der Waals surface area contributed by atoms with Crippen molar-refractivity contribution in [1.82, 2.24) is 0 Å². The molecule has 0 aliphatic carbocycles. The van der Waals surface area contributed by atoms with E-state index in [4.69, 9.17) is 5.11 Å². The van der Waals surface area contributed by atoms with Crippen LogP contribution >= 0.6 is 0 Å². The Bertz CT molecular complexity index is 107. The summed E-state index contributed by atoms with van der Waals surface area (Å²) in [4.78, 5) is 13.3. The molecular weight excluding hydrogens is 106 g/mol. The first-order chi connectivity index (χ1) is 3.66. The fourth-order valence-corrected chi connectivity index (χ4v) is 0.325. The molecule has 0 saturated heterocycles. The van der Waals surface area contributed by atoms with Crippen molar-refractivity contribution in [2.75, 3.05) is 0 Å². The van der Waals surface area contributed by atoms with Gasteiger partial charge in [-0.1, -0.05) is 0 Å². The lowest BCUT2D eigenvalue weighted by atomic mass is 10.5. The summed E-state index contributed by atoms with van der Waals surface area (Å²) in [5.41, 5.74) is 0.319. The van der Waals surface area contributed by atoms with Gasteiger partial charge in [-0.15, -0.1) is 0 Å². The molecule has 0 rings (SSSR count). The largest absolute Gasteiger partial charge is 0.372 e. The molecule has 0 radical (unpaired) electrons. The second-order valence-electron chi connectivity index (χ2n) is 1.52. The molecular formula is C5H9NO2. The SMILES string of the molecule is CC(C=O)=NC(C)O. The van der Waals surface area contributed by atoms with E-state index in [2.05, 4.69) is 4.99 Å². The van der Waals surface area contributed by atoms with E-state index in [1.165, 1.54) is 6.92 Å². The molecule has 3 nitrogen and oxygen atoms in total. The van der Waals surface area contributed by atoms with Crippen molar-refractivity contribution in [3.63, 3.8) is 0 Å². The Balaban J connectivity index is 3.74. The normalized spacial score (nSPS) is 15.6. The van der Waals surface area contributed by atoms with Crippen LogP contribution in [0, 0.1) is 0 Å². The Labute approximate surface area is 48.1 Å². The summed E-state index contributed by atoms with van der Waals surface area (Å²) in [5, 5.41) is 8.51. The average molecular weight is 115 g/mol. The number of carbonyl (C=O) groups is 1. The van der Waals surface area contributed by atoms with Gasteiger partial charge in [-0.25, -0.2) is 0 Å². The minimum atomic E-state index is -0.764. The van der Waals surface area contributed by atoms with Gasteiger partial charge in [0.1, 0.15) is 6.23 Å². The Kier molecular flexibility index (Phi) is 3.03. The molecule has 0 aliphatic rings. The summed E-state index contributed by atoms with van der Waals surface area (Å²) in [7, 11) is 0. The molecule has 0 spiro atoms. The third kappa shape index (κ3) is 3.49. The Morgan fingerprint density at radius 2 is 2.38 bits per heavy atom. The van der Waals surface area contributed by atoms with Crippen molar-refractivity contribution in [3.8, 4) is 0 Å². The van der Waals surface area contributed by atoms with E-state index in [1.807, 2.05) is 0 Å². The van der Waals surface area contributed by atoms with Gasteiger partial charge < -0.3 is 5.11 Å². The molecule has 0 saturated carbocycles. The highest BCUT2D eigenvalue weighted by Gasteiger charge is 1.88. The van der Waals surface area contributed by atoms with Gasteiger partial charge in [-0.3, -0.25) is 9.79 Å². The summed E-state index contributed by atoms with van der Waals surface area (Å²) in [5.74, 6) is 0. The molecule has 8 heavy (non-hydrogen) atoms. The quantitative estimate of drug-likeness (QED) is 0.406. The van der Waals surface area contributed by atoms with Gasteiger partial charge >= 0.3 is 0 Å². The summed E-state index contributed by atoms with van der Waals surface area (Å²) in [6, 6.07) is 0. The van der Waals surface area contributed by atoms with Crippen molar-refractivity contribution in [1.29, 1.82) is 0 Å². The first-order valence-corrected chi connectivity index (χ1v) is 2.34. The molecule has 0 fully saturated rings. The average Bonchev–Trinajstić information content (AvgIpc) is 1.65. The smallest absolute Gasteiger partial charge is 0.163 e. The summed E-state index contributed by atoms with van der Waals surface area (Å²) in [6.45, 7) is 3.03. The van der Waals surface area contributed by atoms with Crippen LogP contribution < -0.4 is 0 Å². The molecule has 1 unspecified atom stereocenters. The molecule has 46 valence electrons. The Morgan fingerprint density at radius 3 is 2.50 bits per heavy atom. The fourth-order valence-electron chi connectivity index (χ4n) is 0.325. The monoisotopic (exact) mass is 115 g/mol. The highest BCUT2D eigenvalue weighted by Crippen LogP contribution is 1.81. The van der Waals surface area contributed by atoms with Gasteiger partial charge in [0, 0.05) is 0 Å². The van der Waals surface area contributed by atoms with Gasteiger partial charge in [0.25, 0.3) is 0 Å². The second kappa shape index (κ2) is 3.32. The maximum Gasteiger partial charge on any atom is 0.163 e. The third-order valence-corrected chi connectivity index (χ3v) is 0.561. The van der Waals surface area contributed by atoms with Crippen LogP contribution in [0.2, 0.25) is 0 Å². The van der Waals surface area contributed by atoms with E-state index in [0.29, 0.717) is 12.0 Å². The van der Waals surface area contributed by atoms with Crippen molar-refractivity contribution >= 4 is 12.0 Å². The summed E-state index contributed by atoms with van der Waals surface area (Å²) in [6.07, 6.45) is -0.160. The molecule has 0 aliphatic heterocycles. The zero-order valence-corrected chi connectivity index (χ0v) is 4.96. The Morgan fingerprint density at radius 1 is 1.88 bits per heavy atom. The lowest BCUT2D eigenvalue weighted by molar-refractivity contribution is -0.102. The minimum Gasteiger partial charge on any atom is -0.372 e. The van der Waals surface area contributed by atoms with Crippen molar-refractivity contribution in [2.24, 2.45) is 4.99 Å². The van der Waals surface area contributed by atoms with Crippen LogP contribution in [0.1, 0.15) is 13.8 Å². The Hall–Kier alpha value is -0.700. The molecule has 0 amide bonds. The van der Waals surface area contributed by atoms with Crippen LogP contribution in [0.25, 0.3) is 0 Å². The number of aliphatic hydroxyl groups is 1. The van der Waals surface area contributed by atoms with E-state index in [9.17, 15) is 4.79 Å². The van der Waals surface area contributed by atoms with E-state index < -0.39 is 6.23 Å².